The van der Waals surface area contributed by atoms with Gasteiger partial charge in [0.15, 0.2) is 11.6 Å². The summed E-state index contributed by atoms with van der Waals surface area (Å²) in [6.45, 7) is 0. The normalized spacial score (nSPS) is 12.3. The first-order valence-corrected chi connectivity index (χ1v) is 4.63. The summed E-state index contributed by atoms with van der Waals surface area (Å²) in [5, 5.41) is 0. The van der Waals surface area contributed by atoms with E-state index in [0.29, 0.717) is 6.07 Å². The van der Waals surface area contributed by atoms with Crippen LogP contribution < -0.4 is 10.5 Å². The fourth-order valence-electron chi connectivity index (χ4n) is 1.18. The predicted octanol–water partition coefficient (Wildman–Crippen LogP) is 2.32. The van der Waals surface area contributed by atoms with Gasteiger partial charge in [-0.3, -0.25) is 4.79 Å². The largest absolute Gasteiger partial charge is 0.573 e. The van der Waals surface area contributed by atoms with Gasteiger partial charge in [-0.1, -0.05) is 6.07 Å². The van der Waals surface area contributed by atoms with Gasteiger partial charge in [0.05, 0.1) is 7.11 Å². The number of nitrogens with two attached hydrogens (primary N) is 1. The first-order valence-electron chi connectivity index (χ1n) is 4.63. The van der Waals surface area contributed by atoms with Crippen molar-refractivity contribution in [1.82, 2.24) is 0 Å². The van der Waals surface area contributed by atoms with Crippen molar-refractivity contribution in [2.75, 3.05) is 7.11 Å². The molecule has 4 nitrogen and oxygen atoms in total. The quantitative estimate of drug-likeness (QED) is 0.687. The third kappa shape index (κ3) is 4.92. The van der Waals surface area contributed by atoms with Gasteiger partial charge in [-0.25, -0.2) is 4.39 Å². The number of ether oxygens (including phenoxy) is 2. The fourth-order valence-corrected chi connectivity index (χ4v) is 1.18. The van der Waals surface area contributed by atoms with Crippen molar-refractivity contribution < 1.29 is 31.8 Å². The van der Waals surface area contributed by atoms with Gasteiger partial charge in [0.1, 0.15) is 6.04 Å². The lowest BCUT2D eigenvalue weighted by molar-refractivity contribution is -0.275. The summed E-state index contributed by atoms with van der Waals surface area (Å²) >= 11 is 0. The molecule has 2 N–H and O–H groups in total. The number of carbonyl (C=O) groups is 1. The SMILES string of the molecule is COC(=O)[C@@H](N)c1ccc(OC(F)(F)F)c(F)c1.Cl. The molecule has 1 aromatic rings. The maximum absolute atomic E-state index is 13.3. The number of hydrogen-bond acceptors (Lipinski definition) is 4. The molecule has 0 aliphatic heterocycles. The maximum Gasteiger partial charge on any atom is 0.573 e. The van der Waals surface area contributed by atoms with E-state index in [1.54, 1.807) is 0 Å². The molecule has 0 fully saturated rings. The smallest absolute Gasteiger partial charge is 0.468 e. The van der Waals surface area contributed by atoms with Crippen LogP contribution in [-0.2, 0) is 9.53 Å². The summed E-state index contributed by atoms with van der Waals surface area (Å²) in [4.78, 5) is 11.1. The highest BCUT2D eigenvalue weighted by Crippen LogP contribution is 2.27. The molecule has 1 rings (SSSR count). The zero-order valence-corrected chi connectivity index (χ0v) is 10.3. The van der Waals surface area contributed by atoms with Gasteiger partial charge in [-0.2, -0.15) is 0 Å². The second-order valence-electron chi connectivity index (χ2n) is 3.24. The molecule has 0 saturated heterocycles. The standard InChI is InChI=1S/C10H9F4NO3.ClH/c1-17-9(16)8(15)5-2-3-7(6(11)4-5)18-10(12,13)14;/h2-4,8H,15H2,1H3;1H/t8-;/m0./s1. The Hall–Kier alpha value is -1.54. The molecular weight excluding hydrogens is 294 g/mol. The molecule has 0 heterocycles. The molecule has 0 aliphatic carbocycles. The number of benzene rings is 1. The van der Waals surface area contributed by atoms with E-state index in [-0.39, 0.29) is 18.0 Å². The Morgan fingerprint density at radius 1 is 1.37 bits per heavy atom. The predicted molar refractivity (Wildman–Crippen MR) is 59.3 cm³/mol. The highest BCUT2D eigenvalue weighted by molar-refractivity contribution is 5.85. The van der Waals surface area contributed by atoms with Gasteiger partial charge in [0, 0.05) is 0 Å². The molecular formula is C10H10ClF4NO3. The van der Waals surface area contributed by atoms with E-state index in [9.17, 15) is 22.4 Å². The lowest BCUT2D eigenvalue weighted by Crippen LogP contribution is -2.23. The van der Waals surface area contributed by atoms with Crippen molar-refractivity contribution >= 4 is 18.4 Å². The van der Waals surface area contributed by atoms with Crippen molar-refractivity contribution in [2.45, 2.75) is 12.4 Å². The van der Waals surface area contributed by atoms with Crippen molar-refractivity contribution in [1.29, 1.82) is 0 Å². The summed E-state index contributed by atoms with van der Waals surface area (Å²) in [6.07, 6.45) is -4.99. The Labute approximate surface area is 111 Å². The van der Waals surface area contributed by atoms with Crippen LogP contribution in [0.3, 0.4) is 0 Å². The van der Waals surface area contributed by atoms with Crippen molar-refractivity contribution in [3.05, 3.63) is 29.6 Å². The van der Waals surface area contributed by atoms with E-state index < -0.39 is 29.9 Å². The van der Waals surface area contributed by atoms with Gasteiger partial charge in [0.25, 0.3) is 0 Å². The van der Waals surface area contributed by atoms with Gasteiger partial charge in [0.2, 0.25) is 0 Å². The lowest BCUT2D eigenvalue weighted by Gasteiger charge is -2.13. The third-order valence-electron chi connectivity index (χ3n) is 2.00. The van der Waals surface area contributed by atoms with E-state index in [0.717, 1.165) is 19.2 Å². The molecule has 1 atom stereocenters. The molecule has 0 amide bonds. The zero-order chi connectivity index (χ0) is 13.9. The second kappa shape index (κ2) is 6.58. The van der Waals surface area contributed by atoms with Crippen LogP contribution in [0.5, 0.6) is 5.75 Å². The molecule has 0 bridgehead atoms. The Kier molecular flexibility index (Phi) is 6.04. The van der Waals surface area contributed by atoms with Crippen molar-refractivity contribution in [2.24, 2.45) is 5.73 Å². The molecule has 0 aliphatic rings. The van der Waals surface area contributed by atoms with E-state index in [1.807, 2.05) is 0 Å². The van der Waals surface area contributed by atoms with E-state index in [2.05, 4.69) is 9.47 Å². The Balaban J connectivity index is 0.00000324. The minimum atomic E-state index is -4.99. The molecule has 0 unspecified atom stereocenters. The molecule has 19 heavy (non-hydrogen) atoms. The average Bonchev–Trinajstić information content (AvgIpc) is 2.28. The third-order valence-corrected chi connectivity index (χ3v) is 2.00. The van der Waals surface area contributed by atoms with Crippen LogP contribution in [0.2, 0.25) is 0 Å². The Morgan fingerprint density at radius 2 is 1.95 bits per heavy atom. The molecule has 0 saturated carbocycles. The minimum absolute atomic E-state index is 0. The number of alkyl halides is 3. The summed E-state index contributed by atoms with van der Waals surface area (Å²) in [7, 11) is 1.08. The number of hydrogen-bond donors (Lipinski definition) is 1. The number of methoxy groups -OCH3 is 1. The Bertz CT molecular complexity index is 453. The van der Waals surface area contributed by atoms with Gasteiger partial charge in [-0.15, -0.1) is 25.6 Å². The van der Waals surface area contributed by atoms with Gasteiger partial charge < -0.3 is 15.2 Å². The highest BCUT2D eigenvalue weighted by Gasteiger charge is 2.32. The molecule has 9 heteroatoms. The molecule has 0 spiro atoms. The first kappa shape index (κ1) is 17.5. The van der Waals surface area contributed by atoms with Crippen LogP contribution in [-0.4, -0.2) is 19.4 Å². The summed E-state index contributed by atoms with van der Waals surface area (Å²) < 4.78 is 56.6. The number of esters is 1. The van der Waals surface area contributed by atoms with Gasteiger partial charge >= 0.3 is 12.3 Å². The minimum Gasteiger partial charge on any atom is -0.468 e. The van der Waals surface area contributed by atoms with Crippen LogP contribution in [0.15, 0.2) is 18.2 Å². The van der Waals surface area contributed by atoms with E-state index in [1.165, 1.54) is 0 Å². The second-order valence-corrected chi connectivity index (χ2v) is 3.24. The van der Waals surface area contributed by atoms with Crippen molar-refractivity contribution in [3.8, 4) is 5.75 Å². The summed E-state index contributed by atoms with van der Waals surface area (Å²) in [5.74, 6) is -3.11. The summed E-state index contributed by atoms with van der Waals surface area (Å²) in [6, 6.07) is 1.19. The summed E-state index contributed by atoms with van der Waals surface area (Å²) in [5.41, 5.74) is 5.37. The van der Waals surface area contributed by atoms with Gasteiger partial charge in [-0.05, 0) is 17.7 Å². The molecule has 1 aromatic carbocycles. The fraction of sp³-hybridized carbons (Fsp3) is 0.300. The highest BCUT2D eigenvalue weighted by atomic mass is 35.5. The number of rotatable bonds is 3. The van der Waals surface area contributed by atoms with Crippen LogP contribution in [0, 0.1) is 5.82 Å². The lowest BCUT2D eigenvalue weighted by atomic mass is 10.1. The number of halogens is 5. The Morgan fingerprint density at radius 3 is 2.37 bits per heavy atom. The van der Waals surface area contributed by atoms with E-state index in [4.69, 9.17) is 5.73 Å². The molecule has 108 valence electrons. The van der Waals surface area contributed by atoms with Crippen LogP contribution in [0.25, 0.3) is 0 Å². The number of carbonyl (C=O) groups excluding carboxylic acids is 1. The zero-order valence-electron chi connectivity index (χ0n) is 9.53. The monoisotopic (exact) mass is 303 g/mol. The van der Waals surface area contributed by atoms with Crippen LogP contribution in [0.4, 0.5) is 17.6 Å². The van der Waals surface area contributed by atoms with Crippen LogP contribution >= 0.6 is 12.4 Å². The maximum atomic E-state index is 13.3. The molecule has 0 radical (unpaired) electrons. The van der Waals surface area contributed by atoms with E-state index >= 15 is 0 Å². The average molecular weight is 304 g/mol. The van der Waals surface area contributed by atoms with Crippen LogP contribution in [0.1, 0.15) is 11.6 Å². The molecule has 0 aromatic heterocycles. The van der Waals surface area contributed by atoms with Crippen molar-refractivity contribution in [3.63, 3.8) is 0 Å². The topological polar surface area (TPSA) is 61.5 Å². The first-order chi connectivity index (χ1) is 8.24.